The van der Waals surface area contributed by atoms with E-state index in [4.69, 9.17) is 4.74 Å². The molecule has 1 atom stereocenters. The second kappa shape index (κ2) is 5.93. The van der Waals surface area contributed by atoms with Crippen LogP contribution in [0, 0.1) is 0 Å². The summed E-state index contributed by atoms with van der Waals surface area (Å²) in [6, 6.07) is 8.61. The maximum absolute atomic E-state index is 5.72. The van der Waals surface area contributed by atoms with E-state index in [1.54, 1.807) is 0 Å². The average molecular weight is 262 g/mol. The molecule has 3 heteroatoms. The van der Waals surface area contributed by atoms with Crippen LogP contribution in [-0.2, 0) is 5.54 Å². The summed E-state index contributed by atoms with van der Waals surface area (Å²) in [7, 11) is 4.34. The second-order valence-electron chi connectivity index (χ2n) is 5.90. The molecule has 2 rings (SSSR count). The Morgan fingerprint density at radius 2 is 1.89 bits per heavy atom. The molecule has 0 bridgehead atoms. The van der Waals surface area contributed by atoms with E-state index in [-0.39, 0.29) is 11.6 Å². The van der Waals surface area contributed by atoms with Crippen LogP contribution in [0.2, 0.25) is 0 Å². The zero-order valence-corrected chi connectivity index (χ0v) is 12.6. The predicted octanol–water partition coefficient (Wildman–Crippen LogP) is 2.61. The molecule has 1 aliphatic rings. The molecule has 0 saturated carbocycles. The highest BCUT2D eigenvalue weighted by Gasteiger charge is 2.35. The molecule has 1 aromatic rings. The van der Waals surface area contributed by atoms with Crippen LogP contribution in [0.4, 0.5) is 0 Å². The molecule has 1 aromatic carbocycles. The van der Waals surface area contributed by atoms with Gasteiger partial charge in [0.2, 0.25) is 0 Å². The molecular weight excluding hydrogens is 236 g/mol. The van der Waals surface area contributed by atoms with Crippen LogP contribution in [0.15, 0.2) is 24.3 Å². The summed E-state index contributed by atoms with van der Waals surface area (Å²) in [5.74, 6) is 0.955. The van der Waals surface area contributed by atoms with Crippen LogP contribution >= 0.6 is 0 Å². The normalized spacial score (nSPS) is 23.9. The number of nitrogens with zero attached hydrogens (tertiary/aromatic N) is 1. The molecule has 0 amide bonds. The lowest BCUT2D eigenvalue weighted by atomic mass is 9.82. The van der Waals surface area contributed by atoms with E-state index >= 15 is 0 Å². The molecule has 1 unspecified atom stereocenters. The van der Waals surface area contributed by atoms with E-state index in [1.807, 2.05) is 0 Å². The monoisotopic (exact) mass is 262 g/mol. The van der Waals surface area contributed by atoms with Crippen molar-refractivity contribution in [3.63, 3.8) is 0 Å². The lowest BCUT2D eigenvalue weighted by Crippen LogP contribution is -2.52. The maximum atomic E-state index is 5.72. The molecule has 1 heterocycles. The third-order valence-corrected chi connectivity index (χ3v) is 3.98. The van der Waals surface area contributed by atoms with Crippen LogP contribution < -0.4 is 10.1 Å². The maximum Gasteiger partial charge on any atom is 0.119 e. The van der Waals surface area contributed by atoms with Gasteiger partial charge >= 0.3 is 0 Å². The first-order valence-corrected chi connectivity index (χ1v) is 7.20. The Hall–Kier alpha value is -1.06. The van der Waals surface area contributed by atoms with Crippen molar-refractivity contribution in [2.75, 3.05) is 27.2 Å². The highest BCUT2D eigenvalue weighted by atomic mass is 16.5. The van der Waals surface area contributed by atoms with Gasteiger partial charge in [-0.2, -0.15) is 0 Å². The fraction of sp³-hybridized carbons (Fsp3) is 0.625. The van der Waals surface area contributed by atoms with Crippen LogP contribution in [0.5, 0.6) is 5.75 Å². The molecule has 0 aliphatic carbocycles. The predicted molar refractivity (Wildman–Crippen MR) is 79.7 cm³/mol. The third-order valence-electron chi connectivity index (χ3n) is 3.98. The van der Waals surface area contributed by atoms with Crippen LogP contribution in [-0.4, -0.2) is 38.2 Å². The number of ether oxygens (including phenoxy) is 1. The zero-order chi connectivity index (χ0) is 13.9. The standard InChI is InChI=1S/C16H26N2O/c1-13(2)19-15-8-6-14(7-9-15)16(18(3)4)10-5-11-17-12-16/h6-9,13,17H,5,10-12H2,1-4H3. The summed E-state index contributed by atoms with van der Waals surface area (Å²) in [6.07, 6.45) is 2.66. The summed E-state index contributed by atoms with van der Waals surface area (Å²) in [4.78, 5) is 2.34. The van der Waals surface area contributed by atoms with Crippen LogP contribution in [0.25, 0.3) is 0 Å². The highest BCUT2D eigenvalue weighted by molar-refractivity contribution is 5.33. The van der Waals surface area contributed by atoms with Gasteiger partial charge in [-0.1, -0.05) is 12.1 Å². The van der Waals surface area contributed by atoms with E-state index in [0.29, 0.717) is 0 Å². The molecule has 0 spiro atoms. The van der Waals surface area contributed by atoms with E-state index in [1.165, 1.54) is 18.4 Å². The first kappa shape index (κ1) is 14.4. The number of piperidine rings is 1. The number of hydrogen-bond donors (Lipinski definition) is 1. The molecule has 0 radical (unpaired) electrons. The largest absolute Gasteiger partial charge is 0.491 e. The van der Waals surface area contributed by atoms with Gasteiger partial charge in [-0.05, 0) is 65.0 Å². The summed E-state index contributed by atoms with van der Waals surface area (Å²) in [6.45, 7) is 6.26. The number of rotatable bonds is 4. The third kappa shape index (κ3) is 3.10. The Bertz CT molecular complexity index is 392. The first-order chi connectivity index (χ1) is 9.04. The van der Waals surface area contributed by atoms with Crippen molar-refractivity contribution in [2.45, 2.75) is 38.3 Å². The molecule has 1 saturated heterocycles. The summed E-state index contributed by atoms with van der Waals surface area (Å²) in [5.41, 5.74) is 1.50. The van der Waals surface area contributed by atoms with Crippen molar-refractivity contribution in [1.29, 1.82) is 0 Å². The number of nitrogens with one attached hydrogen (secondary N) is 1. The van der Waals surface area contributed by atoms with Gasteiger partial charge in [-0.3, -0.25) is 4.90 Å². The Kier molecular flexibility index (Phi) is 4.48. The topological polar surface area (TPSA) is 24.5 Å². The van der Waals surface area contributed by atoms with Crippen molar-refractivity contribution in [3.8, 4) is 5.75 Å². The molecule has 19 heavy (non-hydrogen) atoms. The van der Waals surface area contributed by atoms with Gasteiger partial charge in [-0.25, -0.2) is 0 Å². The van der Waals surface area contributed by atoms with Gasteiger partial charge in [0, 0.05) is 6.54 Å². The number of hydrogen-bond acceptors (Lipinski definition) is 3. The molecule has 1 aliphatic heterocycles. The van der Waals surface area contributed by atoms with E-state index in [2.05, 4.69) is 62.4 Å². The Morgan fingerprint density at radius 1 is 1.21 bits per heavy atom. The molecular formula is C16H26N2O. The van der Waals surface area contributed by atoms with Crippen LogP contribution in [0.3, 0.4) is 0 Å². The fourth-order valence-electron chi connectivity index (χ4n) is 2.89. The average Bonchev–Trinajstić information content (AvgIpc) is 2.39. The summed E-state index contributed by atoms with van der Waals surface area (Å²) >= 11 is 0. The summed E-state index contributed by atoms with van der Waals surface area (Å²) in [5, 5.41) is 3.53. The zero-order valence-electron chi connectivity index (χ0n) is 12.6. The van der Waals surface area contributed by atoms with Gasteiger partial charge in [0.1, 0.15) is 5.75 Å². The Morgan fingerprint density at radius 3 is 2.37 bits per heavy atom. The van der Waals surface area contributed by atoms with Gasteiger partial charge < -0.3 is 10.1 Å². The van der Waals surface area contributed by atoms with E-state index < -0.39 is 0 Å². The minimum absolute atomic E-state index is 0.120. The molecule has 1 N–H and O–H groups in total. The van der Waals surface area contributed by atoms with Crippen LogP contribution in [0.1, 0.15) is 32.3 Å². The second-order valence-corrected chi connectivity index (χ2v) is 5.90. The SMILES string of the molecule is CC(C)Oc1ccc(C2(N(C)C)CCCNC2)cc1. The Balaban J connectivity index is 2.22. The highest BCUT2D eigenvalue weighted by Crippen LogP contribution is 2.34. The van der Waals surface area contributed by atoms with Crippen molar-refractivity contribution in [1.82, 2.24) is 10.2 Å². The van der Waals surface area contributed by atoms with Gasteiger partial charge in [0.25, 0.3) is 0 Å². The molecule has 3 nitrogen and oxygen atoms in total. The summed E-state index contributed by atoms with van der Waals surface area (Å²) < 4.78 is 5.72. The quantitative estimate of drug-likeness (QED) is 0.902. The van der Waals surface area contributed by atoms with Crippen molar-refractivity contribution < 1.29 is 4.74 Å². The van der Waals surface area contributed by atoms with E-state index in [0.717, 1.165) is 18.8 Å². The first-order valence-electron chi connectivity index (χ1n) is 7.20. The van der Waals surface area contributed by atoms with Crippen molar-refractivity contribution in [2.24, 2.45) is 0 Å². The molecule has 106 valence electrons. The van der Waals surface area contributed by atoms with Gasteiger partial charge in [-0.15, -0.1) is 0 Å². The fourth-order valence-corrected chi connectivity index (χ4v) is 2.89. The minimum atomic E-state index is 0.120. The Labute approximate surface area is 116 Å². The van der Waals surface area contributed by atoms with Crippen molar-refractivity contribution >= 4 is 0 Å². The number of likely N-dealkylation sites (N-methyl/N-ethyl adjacent to an activating group) is 1. The van der Waals surface area contributed by atoms with Gasteiger partial charge in [0.15, 0.2) is 0 Å². The minimum Gasteiger partial charge on any atom is -0.491 e. The lowest BCUT2D eigenvalue weighted by molar-refractivity contribution is 0.113. The molecule has 0 aromatic heterocycles. The van der Waals surface area contributed by atoms with E-state index in [9.17, 15) is 0 Å². The number of benzene rings is 1. The van der Waals surface area contributed by atoms with Gasteiger partial charge in [0.05, 0.1) is 11.6 Å². The lowest BCUT2D eigenvalue weighted by Gasteiger charge is -2.43. The van der Waals surface area contributed by atoms with Crippen molar-refractivity contribution in [3.05, 3.63) is 29.8 Å². The molecule has 1 fully saturated rings. The smallest absolute Gasteiger partial charge is 0.119 e.